The molecule has 0 aliphatic carbocycles. The van der Waals surface area contributed by atoms with Gasteiger partial charge in [0.05, 0.1) is 24.9 Å². The van der Waals surface area contributed by atoms with Crippen LogP contribution in [0.2, 0.25) is 0 Å². The van der Waals surface area contributed by atoms with Crippen molar-refractivity contribution >= 4 is 17.6 Å². The highest BCUT2D eigenvalue weighted by Crippen LogP contribution is 2.40. The van der Waals surface area contributed by atoms with Gasteiger partial charge in [-0.05, 0) is 17.7 Å². The SMILES string of the molecule is COc1cc(C(=O)OCC(=O)N2CCC(c3ccccc3)=N2)cc2c1OCCO2. The number of rotatable bonds is 5. The second-order valence-corrected chi connectivity index (χ2v) is 6.46. The van der Waals surface area contributed by atoms with Crippen LogP contribution in [0.1, 0.15) is 22.3 Å². The van der Waals surface area contributed by atoms with E-state index in [2.05, 4.69) is 5.10 Å². The smallest absolute Gasteiger partial charge is 0.338 e. The molecule has 0 aromatic heterocycles. The number of nitrogens with zero attached hydrogens (tertiary/aromatic N) is 2. The molecule has 1 amide bonds. The molecule has 0 N–H and O–H groups in total. The summed E-state index contributed by atoms with van der Waals surface area (Å²) >= 11 is 0. The lowest BCUT2D eigenvalue weighted by Crippen LogP contribution is -2.28. The van der Waals surface area contributed by atoms with Crippen molar-refractivity contribution in [3.05, 3.63) is 53.6 Å². The highest BCUT2D eigenvalue weighted by Gasteiger charge is 2.25. The molecule has 0 bridgehead atoms. The summed E-state index contributed by atoms with van der Waals surface area (Å²) in [6.07, 6.45) is 0.656. The van der Waals surface area contributed by atoms with Gasteiger partial charge in [-0.2, -0.15) is 5.10 Å². The summed E-state index contributed by atoms with van der Waals surface area (Å²) in [5.74, 6) is 0.197. The van der Waals surface area contributed by atoms with Gasteiger partial charge in [-0.15, -0.1) is 0 Å². The standard InChI is InChI=1S/C21H20N2O6/c1-26-17-11-15(12-18-20(17)28-10-9-27-18)21(25)29-13-19(24)23-8-7-16(22-23)14-5-3-2-4-6-14/h2-6,11-12H,7-10,13H2,1H3. The minimum Gasteiger partial charge on any atom is -0.493 e. The Morgan fingerprint density at radius 1 is 1.14 bits per heavy atom. The summed E-state index contributed by atoms with van der Waals surface area (Å²) in [7, 11) is 1.47. The third-order valence-corrected chi connectivity index (χ3v) is 4.59. The highest BCUT2D eigenvalue weighted by atomic mass is 16.6. The molecule has 29 heavy (non-hydrogen) atoms. The van der Waals surface area contributed by atoms with Crippen molar-refractivity contribution in [2.24, 2.45) is 5.10 Å². The predicted octanol–water partition coefficient (Wildman–Crippen LogP) is 2.26. The van der Waals surface area contributed by atoms with Crippen LogP contribution >= 0.6 is 0 Å². The quantitative estimate of drug-likeness (QED) is 0.721. The molecule has 4 rings (SSSR count). The number of fused-ring (bicyclic) bond motifs is 1. The van der Waals surface area contributed by atoms with Crippen LogP contribution in [0.25, 0.3) is 0 Å². The second-order valence-electron chi connectivity index (χ2n) is 6.46. The molecule has 0 unspecified atom stereocenters. The van der Waals surface area contributed by atoms with E-state index in [1.165, 1.54) is 24.3 Å². The molecular weight excluding hydrogens is 376 g/mol. The van der Waals surface area contributed by atoms with E-state index in [1.54, 1.807) is 0 Å². The summed E-state index contributed by atoms with van der Waals surface area (Å²) in [5.41, 5.74) is 2.03. The predicted molar refractivity (Wildman–Crippen MR) is 104 cm³/mol. The number of hydrazone groups is 1. The fourth-order valence-electron chi connectivity index (χ4n) is 3.15. The maximum Gasteiger partial charge on any atom is 0.338 e. The molecule has 0 saturated carbocycles. The van der Waals surface area contributed by atoms with Crippen LogP contribution in [-0.4, -0.2) is 56.1 Å². The summed E-state index contributed by atoms with van der Waals surface area (Å²) in [6.45, 7) is 0.840. The van der Waals surface area contributed by atoms with Crippen LogP contribution in [0.4, 0.5) is 0 Å². The normalized spacial score (nSPS) is 14.9. The van der Waals surface area contributed by atoms with Crippen LogP contribution < -0.4 is 14.2 Å². The minimum atomic E-state index is -0.653. The number of esters is 1. The first kappa shape index (κ1) is 18.8. The topological polar surface area (TPSA) is 86.7 Å². The molecule has 2 heterocycles. The maximum atomic E-state index is 12.4. The number of hydrogen-bond donors (Lipinski definition) is 0. The summed E-state index contributed by atoms with van der Waals surface area (Å²) in [5, 5.41) is 5.68. The Labute approximate surface area is 167 Å². The van der Waals surface area contributed by atoms with E-state index in [-0.39, 0.29) is 11.5 Å². The fourth-order valence-corrected chi connectivity index (χ4v) is 3.15. The van der Waals surface area contributed by atoms with Crippen molar-refractivity contribution in [2.45, 2.75) is 6.42 Å². The van der Waals surface area contributed by atoms with Crippen LogP contribution in [0.15, 0.2) is 47.6 Å². The number of carbonyl (C=O) groups is 2. The van der Waals surface area contributed by atoms with Crippen molar-refractivity contribution in [2.75, 3.05) is 33.5 Å². The van der Waals surface area contributed by atoms with Crippen molar-refractivity contribution in [3.8, 4) is 17.2 Å². The molecule has 8 heteroatoms. The number of carbonyl (C=O) groups excluding carboxylic acids is 2. The average Bonchev–Trinajstić information content (AvgIpc) is 3.27. The summed E-state index contributed by atoms with van der Waals surface area (Å²) in [4.78, 5) is 24.8. The third-order valence-electron chi connectivity index (χ3n) is 4.59. The summed E-state index contributed by atoms with van der Waals surface area (Å²) < 4.78 is 21.5. The van der Waals surface area contributed by atoms with Crippen molar-refractivity contribution < 1.29 is 28.5 Å². The average molecular weight is 396 g/mol. The highest BCUT2D eigenvalue weighted by molar-refractivity contribution is 6.02. The van der Waals surface area contributed by atoms with E-state index in [0.717, 1.165) is 11.3 Å². The van der Waals surface area contributed by atoms with E-state index >= 15 is 0 Å². The number of hydrogen-bond acceptors (Lipinski definition) is 7. The lowest BCUT2D eigenvalue weighted by atomic mass is 10.1. The molecule has 0 fully saturated rings. The Kier molecular flexibility index (Phi) is 5.33. The van der Waals surface area contributed by atoms with Gasteiger partial charge in [-0.3, -0.25) is 4.79 Å². The van der Waals surface area contributed by atoms with Gasteiger partial charge in [0.25, 0.3) is 5.91 Å². The molecule has 8 nitrogen and oxygen atoms in total. The molecule has 0 radical (unpaired) electrons. The Morgan fingerprint density at radius 2 is 1.93 bits per heavy atom. The largest absolute Gasteiger partial charge is 0.493 e. The van der Waals surface area contributed by atoms with E-state index in [9.17, 15) is 9.59 Å². The Bertz CT molecular complexity index is 940. The van der Waals surface area contributed by atoms with E-state index < -0.39 is 12.6 Å². The first-order chi connectivity index (χ1) is 14.2. The molecule has 0 atom stereocenters. The van der Waals surface area contributed by atoms with Gasteiger partial charge in [0.2, 0.25) is 5.75 Å². The lowest BCUT2D eigenvalue weighted by Gasteiger charge is -2.21. The zero-order valence-electron chi connectivity index (χ0n) is 15.9. The Balaban J connectivity index is 1.40. The third kappa shape index (κ3) is 4.01. The zero-order chi connectivity index (χ0) is 20.2. The Hall–Kier alpha value is -3.55. The van der Waals surface area contributed by atoms with Crippen LogP contribution in [0.5, 0.6) is 17.2 Å². The van der Waals surface area contributed by atoms with Crippen molar-refractivity contribution in [3.63, 3.8) is 0 Å². The molecule has 2 aromatic carbocycles. The van der Waals surface area contributed by atoms with E-state index in [1.807, 2.05) is 30.3 Å². The molecule has 0 spiro atoms. The number of benzene rings is 2. The molecule has 150 valence electrons. The summed E-state index contributed by atoms with van der Waals surface area (Å²) in [6, 6.07) is 12.7. The Morgan fingerprint density at radius 3 is 2.72 bits per heavy atom. The van der Waals surface area contributed by atoms with Gasteiger partial charge in [0.1, 0.15) is 13.2 Å². The van der Waals surface area contributed by atoms with Gasteiger partial charge in [-0.25, -0.2) is 9.80 Å². The van der Waals surface area contributed by atoms with Gasteiger partial charge in [0.15, 0.2) is 18.1 Å². The monoisotopic (exact) mass is 396 g/mol. The van der Waals surface area contributed by atoms with Gasteiger partial charge < -0.3 is 18.9 Å². The first-order valence-electron chi connectivity index (χ1n) is 9.23. The minimum absolute atomic E-state index is 0.216. The van der Waals surface area contributed by atoms with Crippen molar-refractivity contribution in [1.29, 1.82) is 0 Å². The number of amides is 1. The molecule has 2 aromatic rings. The number of methoxy groups -OCH3 is 1. The van der Waals surface area contributed by atoms with E-state index in [4.69, 9.17) is 18.9 Å². The van der Waals surface area contributed by atoms with E-state index in [0.29, 0.717) is 43.4 Å². The molecular formula is C21H20N2O6. The molecule has 2 aliphatic heterocycles. The van der Waals surface area contributed by atoms with Crippen LogP contribution in [0, 0.1) is 0 Å². The van der Waals surface area contributed by atoms with Gasteiger partial charge in [-0.1, -0.05) is 30.3 Å². The number of ether oxygens (including phenoxy) is 4. The molecule has 0 saturated heterocycles. The zero-order valence-corrected chi connectivity index (χ0v) is 15.9. The van der Waals surface area contributed by atoms with Crippen LogP contribution in [0.3, 0.4) is 0 Å². The maximum absolute atomic E-state index is 12.4. The fraction of sp³-hybridized carbons (Fsp3) is 0.286. The van der Waals surface area contributed by atoms with Crippen molar-refractivity contribution in [1.82, 2.24) is 5.01 Å². The first-order valence-corrected chi connectivity index (χ1v) is 9.23. The molecule has 2 aliphatic rings. The lowest BCUT2D eigenvalue weighted by molar-refractivity contribution is -0.134. The van der Waals surface area contributed by atoms with Crippen LogP contribution in [-0.2, 0) is 9.53 Å². The second kappa shape index (κ2) is 8.22. The van der Waals surface area contributed by atoms with Gasteiger partial charge >= 0.3 is 5.97 Å². The van der Waals surface area contributed by atoms with Gasteiger partial charge in [0, 0.05) is 6.42 Å².